The first-order valence-corrected chi connectivity index (χ1v) is 5.63. The van der Waals surface area contributed by atoms with Gasteiger partial charge in [-0.15, -0.1) is 0 Å². The average molecular weight is 249 g/mol. The molecule has 0 bridgehead atoms. The van der Waals surface area contributed by atoms with Crippen molar-refractivity contribution in [2.24, 2.45) is 7.05 Å². The second kappa shape index (κ2) is 5.21. The number of methoxy groups -OCH3 is 1. The molecule has 0 aromatic carbocycles. The summed E-state index contributed by atoms with van der Waals surface area (Å²) in [5.74, 6) is -0.225. The summed E-state index contributed by atoms with van der Waals surface area (Å²) < 4.78 is 12.1. The lowest BCUT2D eigenvalue weighted by Crippen LogP contribution is -2.43. The number of carbonyl (C=O) groups excluding carboxylic acids is 1. The third-order valence-corrected chi connectivity index (χ3v) is 3.01. The Bertz CT molecular complexity index is 489. The highest BCUT2D eigenvalue weighted by atomic mass is 16.5. The molecule has 6 heteroatoms. The van der Waals surface area contributed by atoms with Crippen molar-refractivity contribution in [2.75, 3.05) is 20.3 Å². The maximum absolute atomic E-state index is 12.1. The van der Waals surface area contributed by atoms with Crippen molar-refractivity contribution in [1.29, 1.82) is 5.26 Å². The Morgan fingerprint density at radius 2 is 2.44 bits per heavy atom. The van der Waals surface area contributed by atoms with Gasteiger partial charge in [0.25, 0.3) is 5.91 Å². The highest BCUT2D eigenvalue weighted by Gasteiger charge is 2.30. The zero-order valence-corrected chi connectivity index (χ0v) is 10.3. The zero-order chi connectivity index (χ0) is 13.1. The van der Waals surface area contributed by atoms with Crippen LogP contribution in [0.4, 0.5) is 0 Å². The molecule has 2 atom stereocenters. The molecule has 1 aliphatic rings. The lowest BCUT2D eigenvalue weighted by Gasteiger charge is -2.17. The van der Waals surface area contributed by atoms with Gasteiger partial charge in [-0.25, -0.2) is 0 Å². The molecule has 1 aromatic rings. The smallest absolute Gasteiger partial charge is 0.268 e. The van der Waals surface area contributed by atoms with Crippen molar-refractivity contribution in [3.63, 3.8) is 0 Å². The van der Waals surface area contributed by atoms with E-state index in [1.54, 1.807) is 31.0 Å². The molecule has 1 amide bonds. The fourth-order valence-electron chi connectivity index (χ4n) is 2.00. The van der Waals surface area contributed by atoms with Gasteiger partial charge in [-0.3, -0.25) is 4.79 Å². The SMILES string of the molecule is CO[C@H]1COC[C@@H]1NC(=O)c1cc(C#N)cn1C. The minimum absolute atomic E-state index is 0.121. The third-order valence-electron chi connectivity index (χ3n) is 3.01. The van der Waals surface area contributed by atoms with Crippen molar-refractivity contribution in [2.45, 2.75) is 12.1 Å². The minimum Gasteiger partial charge on any atom is -0.377 e. The van der Waals surface area contributed by atoms with Crippen LogP contribution < -0.4 is 5.32 Å². The number of amides is 1. The van der Waals surface area contributed by atoms with Crippen LogP contribution in [-0.2, 0) is 16.5 Å². The molecule has 0 spiro atoms. The molecular weight excluding hydrogens is 234 g/mol. The minimum atomic E-state index is -0.225. The maximum atomic E-state index is 12.1. The molecule has 0 saturated carbocycles. The van der Waals surface area contributed by atoms with Gasteiger partial charge in [0.1, 0.15) is 17.9 Å². The highest BCUT2D eigenvalue weighted by Crippen LogP contribution is 2.11. The normalized spacial score (nSPS) is 22.7. The third kappa shape index (κ3) is 2.37. The van der Waals surface area contributed by atoms with Crippen molar-refractivity contribution >= 4 is 5.91 Å². The van der Waals surface area contributed by atoms with E-state index < -0.39 is 0 Å². The monoisotopic (exact) mass is 249 g/mol. The van der Waals surface area contributed by atoms with Crippen LogP contribution in [0.15, 0.2) is 12.3 Å². The summed E-state index contributed by atoms with van der Waals surface area (Å²) in [5.41, 5.74) is 0.918. The Morgan fingerprint density at radius 3 is 3.06 bits per heavy atom. The number of aryl methyl sites for hydroxylation is 1. The molecule has 1 saturated heterocycles. The number of rotatable bonds is 3. The molecule has 96 valence electrons. The molecule has 1 fully saturated rings. The lowest BCUT2D eigenvalue weighted by atomic mass is 10.2. The number of nitrogens with zero attached hydrogens (tertiary/aromatic N) is 2. The van der Waals surface area contributed by atoms with E-state index in [0.717, 1.165) is 0 Å². The molecule has 2 heterocycles. The number of hydrogen-bond acceptors (Lipinski definition) is 4. The van der Waals surface area contributed by atoms with Gasteiger partial charge in [-0.1, -0.05) is 0 Å². The van der Waals surface area contributed by atoms with Crippen molar-refractivity contribution in [3.8, 4) is 6.07 Å². The molecule has 0 aliphatic carbocycles. The van der Waals surface area contributed by atoms with Crippen LogP contribution in [0, 0.1) is 11.3 Å². The summed E-state index contributed by atoms with van der Waals surface area (Å²) in [6, 6.07) is 3.42. The van der Waals surface area contributed by atoms with Crippen LogP contribution in [0.1, 0.15) is 16.1 Å². The maximum Gasteiger partial charge on any atom is 0.268 e. The standard InChI is InChI=1S/C12H15N3O3/c1-15-5-8(4-13)3-10(15)12(16)14-9-6-18-7-11(9)17-2/h3,5,9,11H,6-7H2,1-2H3,(H,14,16)/t9-,11-/m0/s1. The molecule has 0 unspecified atom stereocenters. The van der Waals surface area contributed by atoms with E-state index >= 15 is 0 Å². The molecule has 2 rings (SSSR count). The predicted octanol–water partition coefficient (Wildman–Crippen LogP) is 0.0404. The van der Waals surface area contributed by atoms with Crippen molar-refractivity contribution in [1.82, 2.24) is 9.88 Å². The van der Waals surface area contributed by atoms with Gasteiger partial charge in [-0.2, -0.15) is 5.26 Å². The van der Waals surface area contributed by atoms with E-state index in [2.05, 4.69) is 5.32 Å². The first-order chi connectivity index (χ1) is 8.65. The first-order valence-electron chi connectivity index (χ1n) is 5.63. The lowest BCUT2D eigenvalue weighted by molar-refractivity contribution is 0.0683. The molecule has 0 radical (unpaired) electrons. The second-order valence-corrected chi connectivity index (χ2v) is 4.23. The van der Waals surface area contributed by atoms with E-state index in [1.807, 2.05) is 6.07 Å². The van der Waals surface area contributed by atoms with Gasteiger partial charge >= 0.3 is 0 Å². The van der Waals surface area contributed by atoms with Gasteiger partial charge in [-0.05, 0) is 6.07 Å². The predicted molar refractivity (Wildman–Crippen MR) is 63.0 cm³/mol. The van der Waals surface area contributed by atoms with Crippen LogP contribution in [0.25, 0.3) is 0 Å². The number of hydrogen-bond donors (Lipinski definition) is 1. The zero-order valence-electron chi connectivity index (χ0n) is 10.3. The van der Waals surface area contributed by atoms with Crippen molar-refractivity contribution < 1.29 is 14.3 Å². The average Bonchev–Trinajstić information content (AvgIpc) is 2.95. The molecule has 1 N–H and O–H groups in total. The molecular formula is C12H15N3O3. The summed E-state index contributed by atoms with van der Waals surface area (Å²) in [6.45, 7) is 0.928. The topological polar surface area (TPSA) is 76.3 Å². The Morgan fingerprint density at radius 1 is 1.67 bits per heavy atom. The fraction of sp³-hybridized carbons (Fsp3) is 0.500. The van der Waals surface area contributed by atoms with Gasteiger partial charge in [0.05, 0.1) is 24.8 Å². The Hall–Kier alpha value is -1.84. The first kappa shape index (κ1) is 12.6. The van der Waals surface area contributed by atoms with E-state index in [9.17, 15) is 4.79 Å². The summed E-state index contributed by atoms with van der Waals surface area (Å²) in [7, 11) is 3.32. The van der Waals surface area contributed by atoms with Crippen LogP contribution in [0.3, 0.4) is 0 Å². The molecule has 6 nitrogen and oxygen atoms in total. The largest absolute Gasteiger partial charge is 0.377 e. The highest BCUT2D eigenvalue weighted by molar-refractivity contribution is 5.93. The number of ether oxygens (including phenoxy) is 2. The molecule has 18 heavy (non-hydrogen) atoms. The number of nitriles is 1. The summed E-state index contributed by atoms with van der Waals surface area (Å²) in [5, 5.41) is 11.6. The number of aromatic nitrogens is 1. The van der Waals surface area contributed by atoms with E-state index in [-0.39, 0.29) is 18.1 Å². The van der Waals surface area contributed by atoms with E-state index in [1.165, 1.54) is 0 Å². The summed E-state index contributed by atoms with van der Waals surface area (Å²) >= 11 is 0. The second-order valence-electron chi connectivity index (χ2n) is 4.23. The van der Waals surface area contributed by atoms with Crippen molar-refractivity contribution in [3.05, 3.63) is 23.5 Å². The number of nitrogens with one attached hydrogen (secondary N) is 1. The number of carbonyl (C=O) groups is 1. The van der Waals surface area contributed by atoms with Crippen LogP contribution >= 0.6 is 0 Å². The summed E-state index contributed by atoms with van der Waals surface area (Å²) in [4.78, 5) is 12.1. The Kier molecular flexibility index (Phi) is 3.65. The summed E-state index contributed by atoms with van der Waals surface area (Å²) in [6.07, 6.45) is 1.50. The van der Waals surface area contributed by atoms with Crippen LogP contribution in [-0.4, -0.2) is 42.9 Å². The van der Waals surface area contributed by atoms with Crippen LogP contribution in [0.5, 0.6) is 0 Å². The fourth-order valence-corrected chi connectivity index (χ4v) is 2.00. The van der Waals surface area contributed by atoms with Gasteiger partial charge in [0.15, 0.2) is 0 Å². The van der Waals surface area contributed by atoms with E-state index in [4.69, 9.17) is 14.7 Å². The van der Waals surface area contributed by atoms with E-state index in [0.29, 0.717) is 24.5 Å². The Balaban J connectivity index is 2.07. The Labute approximate surface area is 105 Å². The quantitative estimate of drug-likeness (QED) is 0.820. The molecule has 1 aromatic heterocycles. The van der Waals surface area contributed by atoms with Gasteiger partial charge in [0, 0.05) is 20.4 Å². The molecule has 1 aliphatic heterocycles. The van der Waals surface area contributed by atoms with Crippen LogP contribution in [0.2, 0.25) is 0 Å². The van der Waals surface area contributed by atoms with Gasteiger partial charge < -0.3 is 19.4 Å². The van der Waals surface area contributed by atoms with Gasteiger partial charge in [0.2, 0.25) is 0 Å².